The Morgan fingerprint density at radius 1 is 0.846 bits per heavy atom. The van der Waals surface area contributed by atoms with Gasteiger partial charge < -0.3 is 10.4 Å². The highest BCUT2D eigenvalue weighted by Crippen LogP contribution is 2.09. The highest BCUT2D eigenvalue weighted by molar-refractivity contribution is 5.98. The molecule has 0 atom stereocenters. The molecule has 0 aromatic heterocycles. The summed E-state index contributed by atoms with van der Waals surface area (Å²) in [4.78, 5) is 34.8. The summed E-state index contributed by atoms with van der Waals surface area (Å²) in [5.74, 6) is -1.16. The average Bonchev–Trinajstić information content (AvgIpc) is 2.66. The van der Waals surface area contributed by atoms with Crippen molar-refractivity contribution in [1.29, 1.82) is 0 Å². The van der Waals surface area contributed by atoms with E-state index in [1.165, 1.54) is 5.56 Å². The molecular formula is C21H23NO4. The number of carbonyl (C=O) groups is 3. The summed E-state index contributed by atoms with van der Waals surface area (Å²) in [6, 6.07) is 14.0. The third-order valence-corrected chi connectivity index (χ3v) is 4.20. The lowest BCUT2D eigenvalue weighted by molar-refractivity contribution is -0.121. The molecule has 2 aromatic rings. The first-order valence-electron chi connectivity index (χ1n) is 8.70. The van der Waals surface area contributed by atoms with Crippen molar-refractivity contribution in [2.24, 2.45) is 0 Å². The SMILES string of the molecule is CCc1ccc(C(=O)CCC(=O)NCCc2ccc(C(=O)O)cc2)cc1. The van der Waals surface area contributed by atoms with Crippen molar-refractivity contribution in [3.8, 4) is 0 Å². The minimum absolute atomic E-state index is 0.0351. The molecule has 1 amide bonds. The molecule has 0 aliphatic carbocycles. The Balaban J connectivity index is 1.71. The first-order chi connectivity index (χ1) is 12.5. The molecule has 2 aromatic carbocycles. The monoisotopic (exact) mass is 353 g/mol. The van der Waals surface area contributed by atoms with Crippen LogP contribution in [0.5, 0.6) is 0 Å². The lowest BCUT2D eigenvalue weighted by Crippen LogP contribution is -2.26. The van der Waals surface area contributed by atoms with Gasteiger partial charge in [-0.15, -0.1) is 0 Å². The topological polar surface area (TPSA) is 83.5 Å². The Morgan fingerprint density at radius 3 is 2.00 bits per heavy atom. The molecule has 0 fully saturated rings. The molecule has 0 aliphatic heterocycles. The highest BCUT2D eigenvalue weighted by Gasteiger charge is 2.09. The zero-order valence-corrected chi connectivity index (χ0v) is 14.8. The Labute approximate surface area is 153 Å². The second kappa shape index (κ2) is 9.51. The summed E-state index contributed by atoms with van der Waals surface area (Å²) >= 11 is 0. The summed E-state index contributed by atoms with van der Waals surface area (Å²) in [6.45, 7) is 2.51. The summed E-state index contributed by atoms with van der Waals surface area (Å²) < 4.78 is 0. The van der Waals surface area contributed by atoms with Crippen molar-refractivity contribution >= 4 is 17.7 Å². The number of carbonyl (C=O) groups excluding carboxylic acids is 2. The summed E-state index contributed by atoms with van der Waals surface area (Å²) in [5.41, 5.74) is 3.00. The normalized spacial score (nSPS) is 10.3. The molecule has 2 rings (SSSR count). The van der Waals surface area contributed by atoms with Gasteiger partial charge in [0.15, 0.2) is 5.78 Å². The minimum atomic E-state index is -0.959. The number of amides is 1. The van der Waals surface area contributed by atoms with Gasteiger partial charge in [-0.25, -0.2) is 4.79 Å². The van der Waals surface area contributed by atoms with Gasteiger partial charge in [-0.05, 0) is 36.1 Å². The van der Waals surface area contributed by atoms with E-state index in [1.807, 2.05) is 12.1 Å². The van der Waals surface area contributed by atoms with E-state index in [1.54, 1.807) is 36.4 Å². The Morgan fingerprint density at radius 2 is 1.42 bits per heavy atom. The van der Waals surface area contributed by atoms with Gasteiger partial charge in [0.2, 0.25) is 5.91 Å². The van der Waals surface area contributed by atoms with E-state index in [2.05, 4.69) is 12.2 Å². The number of carboxylic acid groups (broad SMARTS) is 1. The van der Waals surface area contributed by atoms with Gasteiger partial charge in [0.1, 0.15) is 0 Å². The van der Waals surface area contributed by atoms with E-state index in [-0.39, 0.29) is 30.1 Å². The maximum Gasteiger partial charge on any atom is 0.335 e. The maximum absolute atomic E-state index is 12.1. The molecule has 0 saturated carbocycles. The molecule has 26 heavy (non-hydrogen) atoms. The number of ketones is 1. The second-order valence-electron chi connectivity index (χ2n) is 6.08. The van der Waals surface area contributed by atoms with Crippen molar-refractivity contribution in [2.45, 2.75) is 32.6 Å². The van der Waals surface area contributed by atoms with Crippen LogP contribution in [0.15, 0.2) is 48.5 Å². The molecule has 0 spiro atoms. The van der Waals surface area contributed by atoms with Crippen LogP contribution in [0.3, 0.4) is 0 Å². The number of aryl methyl sites for hydroxylation is 1. The zero-order chi connectivity index (χ0) is 18.9. The van der Waals surface area contributed by atoms with Crippen molar-refractivity contribution in [2.75, 3.05) is 6.54 Å². The molecule has 0 bridgehead atoms. The van der Waals surface area contributed by atoms with Gasteiger partial charge in [0.05, 0.1) is 5.56 Å². The number of benzene rings is 2. The molecule has 136 valence electrons. The molecule has 5 heteroatoms. The number of carboxylic acids is 1. The van der Waals surface area contributed by atoms with Crippen molar-refractivity contribution in [3.05, 3.63) is 70.8 Å². The lowest BCUT2D eigenvalue weighted by atomic mass is 10.0. The van der Waals surface area contributed by atoms with Crippen molar-refractivity contribution in [3.63, 3.8) is 0 Å². The van der Waals surface area contributed by atoms with Crippen LogP contribution in [0, 0.1) is 0 Å². The smallest absolute Gasteiger partial charge is 0.335 e. The summed E-state index contributed by atoms with van der Waals surface area (Å²) in [7, 11) is 0. The molecular weight excluding hydrogens is 330 g/mol. The Hall–Kier alpha value is -2.95. The fourth-order valence-corrected chi connectivity index (χ4v) is 2.55. The maximum atomic E-state index is 12.1. The van der Waals surface area contributed by atoms with E-state index >= 15 is 0 Å². The first kappa shape index (κ1) is 19.4. The third-order valence-electron chi connectivity index (χ3n) is 4.20. The van der Waals surface area contributed by atoms with E-state index in [4.69, 9.17) is 5.11 Å². The van der Waals surface area contributed by atoms with Crippen LogP contribution in [-0.4, -0.2) is 29.3 Å². The molecule has 5 nitrogen and oxygen atoms in total. The fraction of sp³-hybridized carbons (Fsp3) is 0.286. The average molecular weight is 353 g/mol. The highest BCUT2D eigenvalue weighted by atomic mass is 16.4. The number of nitrogens with one attached hydrogen (secondary N) is 1. The first-order valence-corrected chi connectivity index (χ1v) is 8.70. The van der Waals surface area contributed by atoms with Crippen LogP contribution in [0.1, 0.15) is 51.6 Å². The molecule has 0 unspecified atom stereocenters. The molecule has 2 N–H and O–H groups in total. The fourth-order valence-electron chi connectivity index (χ4n) is 2.55. The van der Waals surface area contributed by atoms with Crippen molar-refractivity contribution < 1.29 is 19.5 Å². The van der Waals surface area contributed by atoms with Crippen molar-refractivity contribution in [1.82, 2.24) is 5.32 Å². The predicted molar refractivity (Wildman–Crippen MR) is 99.5 cm³/mol. The predicted octanol–water partition coefficient (Wildman–Crippen LogP) is 3.27. The van der Waals surface area contributed by atoms with Gasteiger partial charge in [-0.2, -0.15) is 0 Å². The number of rotatable bonds is 9. The molecule has 0 saturated heterocycles. The largest absolute Gasteiger partial charge is 0.478 e. The zero-order valence-electron chi connectivity index (χ0n) is 14.8. The number of aromatic carboxylic acids is 1. The van der Waals surface area contributed by atoms with Crippen LogP contribution in [0.25, 0.3) is 0 Å². The minimum Gasteiger partial charge on any atom is -0.478 e. The molecule has 0 heterocycles. The molecule has 0 aliphatic rings. The van der Waals surface area contributed by atoms with Gasteiger partial charge in [-0.1, -0.05) is 43.3 Å². The summed E-state index contributed by atoms with van der Waals surface area (Å²) in [6.07, 6.45) is 1.88. The number of Topliss-reactive ketones (excluding diaryl/α,β-unsaturated/α-hetero) is 1. The van der Waals surface area contributed by atoms with Gasteiger partial charge >= 0.3 is 5.97 Å². The van der Waals surface area contributed by atoms with Crippen LogP contribution in [-0.2, 0) is 17.6 Å². The lowest BCUT2D eigenvalue weighted by Gasteiger charge is -2.06. The van der Waals surface area contributed by atoms with Gasteiger partial charge in [0.25, 0.3) is 0 Å². The second-order valence-corrected chi connectivity index (χ2v) is 6.08. The van der Waals surface area contributed by atoms with Gasteiger partial charge in [0, 0.05) is 24.9 Å². The van der Waals surface area contributed by atoms with Crippen LogP contribution >= 0.6 is 0 Å². The quantitative estimate of drug-likeness (QED) is 0.678. The molecule has 0 radical (unpaired) electrons. The number of hydrogen-bond acceptors (Lipinski definition) is 3. The number of hydrogen-bond donors (Lipinski definition) is 2. The Bertz CT molecular complexity index is 764. The van der Waals surface area contributed by atoms with E-state index in [9.17, 15) is 14.4 Å². The van der Waals surface area contributed by atoms with Crippen LogP contribution in [0.4, 0.5) is 0 Å². The standard InChI is InChI=1S/C21H23NO4/c1-2-15-3-7-17(8-4-15)19(23)11-12-20(24)22-14-13-16-5-9-18(10-6-16)21(25)26/h3-10H,2,11-14H2,1H3,(H,22,24)(H,25,26). The Kier molecular flexibility index (Phi) is 7.09. The van der Waals surface area contributed by atoms with Crippen LogP contribution < -0.4 is 5.32 Å². The third kappa shape index (κ3) is 5.84. The van der Waals surface area contributed by atoms with Gasteiger partial charge in [-0.3, -0.25) is 9.59 Å². The summed E-state index contributed by atoms with van der Waals surface area (Å²) in [5, 5.41) is 11.6. The van der Waals surface area contributed by atoms with E-state index in [0.717, 1.165) is 12.0 Å². The van der Waals surface area contributed by atoms with Crippen LogP contribution in [0.2, 0.25) is 0 Å². The van der Waals surface area contributed by atoms with E-state index < -0.39 is 5.97 Å². The van der Waals surface area contributed by atoms with E-state index in [0.29, 0.717) is 18.5 Å².